The molecule has 2 aromatic rings. The lowest BCUT2D eigenvalue weighted by atomic mass is 10.3. The number of thiophene rings is 1. The molecule has 0 atom stereocenters. The van der Waals surface area contributed by atoms with Crippen molar-refractivity contribution in [2.24, 2.45) is 0 Å². The Morgan fingerprint density at radius 3 is 2.92 bits per heavy atom. The summed E-state index contributed by atoms with van der Waals surface area (Å²) in [6.45, 7) is 0. The number of thiazole rings is 1. The molecule has 2 rings (SSSR count). The van der Waals surface area contributed by atoms with Crippen LogP contribution in [0, 0.1) is 0 Å². The summed E-state index contributed by atoms with van der Waals surface area (Å²) in [7, 11) is 0. The van der Waals surface area contributed by atoms with Crippen molar-refractivity contribution >= 4 is 27.8 Å². The van der Waals surface area contributed by atoms with Crippen molar-refractivity contribution in [3.63, 3.8) is 0 Å². The second kappa shape index (κ2) is 3.25. The molecule has 0 saturated heterocycles. The number of hydrogen-bond donors (Lipinski definition) is 1. The van der Waals surface area contributed by atoms with Gasteiger partial charge in [-0.25, -0.2) is 4.98 Å². The Hall–Kier alpha value is -0.870. The highest BCUT2D eigenvalue weighted by atomic mass is 32.1. The number of anilines is 1. The van der Waals surface area contributed by atoms with Gasteiger partial charge in [-0.05, 0) is 11.4 Å². The summed E-state index contributed by atoms with van der Waals surface area (Å²) < 4.78 is 0. The quantitative estimate of drug-likeness (QED) is 0.801. The van der Waals surface area contributed by atoms with Crippen LogP contribution in [0.25, 0.3) is 0 Å². The summed E-state index contributed by atoms with van der Waals surface area (Å²) >= 11 is 3.32. The Bertz CT molecular complexity index is 351. The van der Waals surface area contributed by atoms with Crippen molar-refractivity contribution in [3.05, 3.63) is 33.5 Å². The first-order chi connectivity index (χ1) is 5.84. The Morgan fingerprint density at radius 2 is 2.33 bits per heavy atom. The van der Waals surface area contributed by atoms with Gasteiger partial charge in [0, 0.05) is 22.4 Å². The zero-order valence-electron chi connectivity index (χ0n) is 6.36. The third kappa shape index (κ3) is 1.65. The van der Waals surface area contributed by atoms with Crippen LogP contribution in [-0.2, 0) is 6.42 Å². The number of aromatic nitrogens is 1. The third-order valence-corrected chi connectivity index (χ3v) is 3.20. The second-order valence-corrected chi connectivity index (χ2v) is 4.60. The van der Waals surface area contributed by atoms with Crippen molar-refractivity contribution in [3.8, 4) is 0 Å². The van der Waals surface area contributed by atoms with Crippen LogP contribution < -0.4 is 5.73 Å². The van der Waals surface area contributed by atoms with Crippen LogP contribution in [0.15, 0.2) is 23.7 Å². The highest BCUT2D eigenvalue weighted by molar-refractivity contribution is 7.15. The van der Waals surface area contributed by atoms with E-state index in [1.54, 1.807) is 22.7 Å². The minimum absolute atomic E-state index is 0.654. The van der Waals surface area contributed by atoms with Gasteiger partial charge in [0.05, 0.1) is 0 Å². The number of nitrogens with zero attached hydrogens (tertiary/aromatic N) is 1. The first-order valence-corrected chi connectivity index (χ1v) is 5.27. The van der Waals surface area contributed by atoms with Crippen molar-refractivity contribution in [1.82, 2.24) is 4.98 Å². The summed E-state index contributed by atoms with van der Waals surface area (Å²) in [5.74, 6) is 0. The maximum atomic E-state index is 5.52. The Balaban J connectivity index is 2.14. The van der Waals surface area contributed by atoms with E-state index >= 15 is 0 Å². The SMILES string of the molecule is Nc1ncc(Cc2cccs2)s1. The van der Waals surface area contributed by atoms with E-state index in [9.17, 15) is 0 Å². The third-order valence-electron chi connectivity index (χ3n) is 1.50. The molecule has 4 heteroatoms. The van der Waals surface area contributed by atoms with E-state index in [0.29, 0.717) is 5.13 Å². The number of nitrogen functional groups attached to an aromatic ring is 1. The normalized spacial score (nSPS) is 10.3. The van der Waals surface area contributed by atoms with E-state index in [1.807, 2.05) is 6.20 Å². The van der Waals surface area contributed by atoms with Crippen LogP contribution in [0.3, 0.4) is 0 Å². The van der Waals surface area contributed by atoms with Gasteiger partial charge in [-0.2, -0.15) is 0 Å². The van der Waals surface area contributed by atoms with Gasteiger partial charge in [0.25, 0.3) is 0 Å². The maximum absolute atomic E-state index is 5.52. The molecule has 0 aliphatic carbocycles. The standard InChI is InChI=1S/C8H8N2S2/c9-8-10-5-7(12-8)4-6-2-1-3-11-6/h1-3,5H,4H2,(H2,9,10). The maximum Gasteiger partial charge on any atom is 0.180 e. The van der Waals surface area contributed by atoms with Gasteiger partial charge >= 0.3 is 0 Å². The smallest absolute Gasteiger partial charge is 0.180 e. The van der Waals surface area contributed by atoms with E-state index in [4.69, 9.17) is 5.73 Å². The van der Waals surface area contributed by atoms with E-state index in [2.05, 4.69) is 22.5 Å². The topological polar surface area (TPSA) is 38.9 Å². The Labute approximate surface area is 78.7 Å². The lowest BCUT2D eigenvalue weighted by molar-refractivity contribution is 1.27. The molecule has 0 unspecified atom stereocenters. The summed E-state index contributed by atoms with van der Waals surface area (Å²) in [6, 6.07) is 4.19. The zero-order valence-corrected chi connectivity index (χ0v) is 7.99. The van der Waals surface area contributed by atoms with Gasteiger partial charge in [0.1, 0.15) is 0 Å². The van der Waals surface area contributed by atoms with Gasteiger partial charge in [0.2, 0.25) is 0 Å². The molecule has 0 aliphatic rings. The highest BCUT2D eigenvalue weighted by Crippen LogP contribution is 2.20. The van der Waals surface area contributed by atoms with Crippen molar-refractivity contribution in [1.29, 1.82) is 0 Å². The van der Waals surface area contributed by atoms with Crippen LogP contribution in [0.2, 0.25) is 0 Å². The van der Waals surface area contributed by atoms with Crippen molar-refractivity contribution < 1.29 is 0 Å². The minimum atomic E-state index is 0.654. The highest BCUT2D eigenvalue weighted by Gasteiger charge is 2.00. The van der Waals surface area contributed by atoms with Crippen LogP contribution in [-0.4, -0.2) is 4.98 Å². The summed E-state index contributed by atoms with van der Waals surface area (Å²) in [5, 5.41) is 2.74. The molecule has 2 aromatic heterocycles. The molecular weight excluding hydrogens is 188 g/mol. The fourth-order valence-electron chi connectivity index (χ4n) is 0.989. The molecule has 0 saturated carbocycles. The molecule has 0 spiro atoms. The average molecular weight is 196 g/mol. The summed E-state index contributed by atoms with van der Waals surface area (Å²) in [6.07, 6.45) is 2.81. The molecule has 2 N–H and O–H groups in total. The Kier molecular flexibility index (Phi) is 2.10. The minimum Gasteiger partial charge on any atom is -0.375 e. The summed E-state index contributed by atoms with van der Waals surface area (Å²) in [5.41, 5.74) is 5.52. The van der Waals surface area contributed by atoms with Gasteiger partial charge in [-0.15, -0.1) is 22.7 Å². The number of rotatable bonds is 2. The van der Waals surface area contributed by atoms with E-state index in [1.165, 1.54) is 9.75 Å². The molecule has 0 fully saturated rings. The molecule has 62 valence electrons. The molecule has 2 heterocycles. The molecule has 2 nitrogen and oxygen atoms in total. The lowest BCUT2D eigenvalue weighted by Crippen LogP contribution is -1.77. The molecular formula is C8H8N2S2. The largest absolute Gasteiger partial charge is 0.375 e. The fourth-order valence-corrected chi connectivity index (χ4v) is 2.52. The van der Waals surface area contributed by atoms with E-state index in [0.717, 1.165) is 6.42 Å². The van der Waals surface area contributed by atoms with Crippen LogP contribution in [0.4, 0.5) is 5.13 Å². The first-order valence-electron chi connectivity index (χ1n) is 3.57. The van der Waals surface area contributed by atoms with Crippen LogP contribution >= 0.6 is 22.7 Å². The predicted octanol–water partition coefficient (Wildman–Crippen LogP) is 2.38. The van der Waals surface area contributed by atoms with Crippen LogP contribution in [0.5, 0.6) is 0 Å². The summed E-state index contributed by atoms with van der Waals surface area (Å²) in [4.78, 5) is 6.59. The van der Waals surface area contributed by atoms with Gasteiger partial charge in [-0.3, -0.25) is 0 Å². The zero-order chi connectivity index (χ0) is 8.39. The number of nitrogens with two attached hydrogens (primary N) is 1. The van der Waals surface area contributed by atoms with Crippen molar-refractivity contribution in [2.45, 2.75) is 6.42 Å². The Morgan fingerprint density at radius 1 is 1.42 bits per heavy atom. The van der Waals surface area contributed by atoms with Crippen LogP contribution in [0.1, 0.15) is 9.75 Å². The van der Waals surface area contributed by atoms with Gasteiger partial charge < -0.3 is 5.73 Å². The van der Waals surface area contributed by atoms with Gasteiger partial charge in [-0.1, -0.05) is 6.07 Å². The molecule has 0 bridgehead atoms. The number of hydrogen-bond acceptors (Lipinski definition) is 4. The monoisotopic (exact) mass is 196 g/mol. The fraction of sp³-hybridized carbons (Fsp3) is 0.125. The molecule has 12 heavy (non-hydrogen) atoms. The molecule has 0 aliphatic heterocycles. The first kappa shape index (κ1) is 7.76. The van der Waals surface area contributed by atoms with Gasteiger partial charge in [0.15, 0.2) is 5.13 Å². The van der Waals surface area contributed by atoms with Crippen molar-refractivity contribution in [2.75, 3.05) is 5.73 Å². The predicted molar refractivity (Wildman–Crippen MR) is 53.7 cm³/mol. The molecule has 0 radical (unpaired) electrons. The molecule has 0 amide bonds. The average Bonchev–Trinajstić information content (AvgIpc) is 2.63. The lowest BCUT2D eigenvalue weighted by Gasteiger charge is -1.89. The van der Waals surface area contributed by atoms with E-state index < -0.39 is 0 Å². The molecule has 0 aromatic carbocycles. The van der Waals surface area contributed by atoms with E-state index in [-0.39, 0.29) is 0 Å². The second-order valence-electron chi connectivity index (χ2n) is 2.42.